The molecule has 11 heteroatoms. The van der Waals surface area contributed by atoms with Crippen LogP contribution in [-0.4, -0.2) is 26.5 Å². The van der Waals surface area contributed by atoms with Crippen molar-refractivity contribution < 1.29 is 13.2 Å². The normalized spacial score (nSPS) is 16.2. The first kappa shape index (κ1) is 25.1. The van der Waals surface area contributed by atoms with Crippen LogP contribution < -0.4 is 16.2 Å². The van der Waals surface area contributed by atoms with E-state index in [9.17, 15) is 23.2 Å². The molecule has 0 bridgehead atoms. The van der Waals surface area contributed by atoms with Crippen LogP contribution in [0, 0.1) is 17.2 Å². The highest BCUT2D eigenvalue weighted by Gasteiger charge is 2.43. The summed E-state index contributed by atoms with van der Waals surface area (Å²) in [6.45, 7) is 4.95. The maximum atomic E-state index is 13.8. The van der Waals surface area contributed by atoms with Gasteiger partial charge in [0.25, 0.3) is 5.56 Å². The Morgan fingerprint density at radius 1 is 1.29 bits per heavy atom. The highest BCUT2D eigenvalue weighted by molar-refractivity contribution is 6.31. The average molecular weight is 507 g/mol. The van der Waals surface area contributed by atoms with Crippen molar-refractivity contribution in [2.45, 2.75) is 63.8 Å². The average Bonchev–Trinajstić information content (AvgIpc) is 3.52. The van der Waals surface area contributed by atoms with Gasteiger partial charge in [-0.1, -0.05) is 17.7 Å². The molecule has 0 radical (unpaired) electrons. The Labute approximate surface area is 205 Å². The number of H-pyrrole nitrogens is 1. The van der Waals surface area contributed by atoms with Crippen LogP contribution in [0.1, 0.15) is 57.7 Å². The molecule has 2 aromatic heterocycles. The Kier molecular flexibility index (Phi) is 6.60. The molecule has 1 aliphatic carbocycles. The molecule has 3 N–H and O–H groups in total. The maximum absolute atomic E-state index is 13.8. The predicted molar refractivity (Wildman–Crippen MR) is 129 cm³/mol. The first-order chi connectivity index (χ1) is 16.4. The molecule has 1 aliphatic rings. The Morgan fingerprint density at radius 2 is 2.00 bits per heavy atom. The van der Waals surface area contributed by atoms with Crippen molar-refractivity contribution >= 4 is 34.0 Å². The maximum Gasteiger partial charge on any atom is 0.407 e. The number of hydrogen-bond acceptors (Lipinski definition) is 5. The summed E-state index contributed by atoms with van der Waals surface area (Å²) in [7, 11) is 0. The van der Waals surface area contributed by atoms with Crippen LogP contribution >= 0.6 is 11.6 Å². The zero-order valence-electron chi connectivity index (χ0n) is 19.5. The summed E-state index contributed by atoms with van der Waals surface area (Å²) in [5.41, 5.74) is -0.298. The van der Waals surface area contributed by atoms with Crippen molar-refractivity contribution in [3.05, 3.63) is 51.4 Å². The number of rotatable bonds is 7. The number of nitrogens with zero attached hydrogens (tertiary/aromatic N) is 3. The Morgan fingerprint density at radius 3 is 2.57 bits per heavy atom. The molecule has 186 valence electrons. The third kappa shape index (κ3) is 5.46. The lowest BCUT2D eigenvalue weighted by Crippen LogP contribution is -2.45. The van der Waals surface area contributed by atoms with Crippen LogP contribution in [0.5, 0.6) is 0 Å². The van der Waals surface area contributed by atoms with Crippen molar-refractivity contribution in [2.75, 3.05) is 5.32 Å². The molecule has 35 heavy (non-hydrogen) atoms. The number of nitriles is 1. The molecule has 4 rings (SSSR count). The van der Waals surface area contributed by atoms with Crippen LogP contribution in [-0.2, 0) is 0 Å². The predicted octanol–water partition coefficient (Wildman–Crippen LogP) is 5.98. The van der Waals surface area contributed by atoms with E-state index in [4.69, 9.17) is 11.6 Å². The van der Waals surface area contributed by atoms with Gasteiger partial charge in [-0.3, -0.25) is 14.8 Å². The molecular weight excluding hydrogens is 481 g/mol. The van der Waals surface area contributed by atoms with Gasteiger partial charge in [0.1, 0.15) is 11.4 Å². The monoisotopic (exact) mass is 506 g/mol. The summed E-state index contributed by atoms with van der Waals surface area (Å²) in [5.74, 6) is 0.558. The van der Waals surface area contributed by atoms with Gasteiger partial charge in [-0.05, 0) is 63.3 Å². The summed E-state index contributed by atoms with van der Waals surface area (Å²) >= 11 is 6.31. The van der Waals surface area contributed by atoms with Crippen LogP contribution in [0.25, 0.3) is 10.9 Å². The minimum atomic E-state index is -4.55. The highest BCUT2D eigenvalue weighted by Crippen LogP contribution is 2.43. The van der Waals surface area contributed by atoms with Gasteiger partial charge < -0.3 is 10.3 Å². The number of fused-ring (bicyclic) bond motifs is 1. The summed E-state index contributed by atoms with van der Waals surface area (Å²) < 4.78 is 43.1. The van der Waals surface area contributed by atoms with Crippen molar-refractivity contribution in [2.24, 2.45) is 5.92 Å². The standard InChI is InChI=1S/C24H26ClF3N6O/c1-23(2,3)32-20(24(26,27)28)15-7-6-14(12-16(15)25)31-21-19-18(9-11-30-22(19)35)34(33-21)17(8-10-29)13-4-5-13/h6-7,9,11-13,17,20,32H,4-5,8H2,1-3H3,(H,30,35)(H,31,33)/t17-,20+/m0/s1. The molecule has 1 saturated carbocycles. The van der Waals surface area contributed by atoms with E-state index in [-0.39, 0.29) is 34.4 Å². The van der Waals surface area contributed by atoms with E-state index in [1.807, 2.05) is 0 Å². The largest absolute Gasteiger partial charge is 0.407 e. The van der Waals surface area contributed by atoms with E-state index in [0.29, 0.717) is 22.5 Å². The Hall–Kier alpha value is -3.03. The molecule has 1 fully saturated rings. The molecule has 0 unspecified atom stereocenters. The fraction of sp³-hybridized carbons (Fsp3) is 0.458. The van der Waals surface area contributed by atoms with E-state index in [2.05, 4.69) is 26.8 Å². The first-order valence-electron chi connectivity index (χ1n) is 11.3. The van der Waals surface area contributed by atoms with Gasteiger partial charge in [-0.25, -0.2) is 0 Å². The number of pyridine rings is 1. The number of benzene rings is 1. The van der Waals surface area contributed by atoms with E-state index < -0.39 is 17.8 Å². The number of aromatic amines is 1. The molecule has 3 aromatic rings. The van der Waals surface area contributed by atoms with Crippen molar-refractivity contribution in [3.63, 3.8) is 0 Å². The molecule has 0 aliphatic heterocycles. The third-order valence-electron chi connectivity index (χ3n) is 5.89. The number of aromatic nitrogens is 3. The highest BCUT2D eigenvalue weighted by atomic mass is 35.5. The number of anilines is 2. The topological polar surface area (TPSA) is 98.5 Å². The van der Waals surface area contributed by atoms with Crippen molar-refractivity contribution in [1.29, 1.82) is 5.26 Å². The SMILES string of the molecule is CC(C)(C)N[C@H](c1ccc(Nc2nn([C@@H](CC#N)C3CC3)c3cc[nH]c(=O)c23)cc1Cl)C(F)(F)F. The number of nitrogens with one attached hydrogen (secondary N) is 3. The zero-order chi connectivity index (χ0) is 25.5. The minimum Gasteiger partial charge on any atom is -0.338 e. The summed E-state index contributed by atoms with van der Waals surface area (Å²) in [5, 5.41) is 19.7. The van der Waals surface area contributed by atoms with Gasteiger partial charge in [0.05, 0.1) is 24.0 Å². The van der Waals surface area contributed by atoms with Crippen molar-refractivity contribution in [3.8, 4) is 6.07 Å². The first-order valence-corrected chi connectivity index (χ1v) is 11.6. The van der Waals surface area contributed by atoms with Crippen molar-refractivity contribution in [1.82, 2.24) is 20.1 Å². The fourth-order valence-corrected chi connectivity index (χ4v) is 4.50. The Bertz CT molecular complexity index is 1330. The third-order valence-corrected chi connectivity index (χ3v) is 6.22. The van der Waals surface area contributed by atoms with E-state index in [1.165, 1.54) is 24.4 Å². The lowest BCUT2D eigenvalue weighted by molar-refractivity contribution is -0.161. The van der Waals surface area contributed by atoms with E-state index >= 15 is 0 Å². The van der Waals surface area contributed by atoms with Crippen LogP contribution in [0.3, 0.4) is 0 Å². The smallest absolute Gasteiger partial charge is 0.338 e. The molecule has 7 nitrogen and oxygen atoms in total. The molecule has 2 heterocycles. The second-order valence-electron chi connectivity index (χ2n) is 9.86. The van der Waals surface area contributed by atoms with Gasteiger partial charge in [-0.2, -0.15) is 23.5 Å². The molecular formula is C24H26ClF3N6O. The molecule has 0 amide bonds. The summed E-state index contributed by atoms with van der Waals surface area (Å²) in [6.07, 6.45) is -0.798. The van der Waals surface area contributed by atoms with Crippen LogP contribution in [0.15, 0.2) is 35.3 Å². The molecule has 2 atom stereocenters. The number of alkyl halides is 3. The quantitative estimate of drug-likeness (QED) is 0.366. The summed E-state index contributed by atoms with van der Waals surface area (Å²) in [6, 6.07) is 5.98. The lowest BCUT2D eigenvalue weighted by atomic mass is 10.0. The molecule has 0 saturated heterocycles. The van der Waals surface area contributed by atoms with E-state index in [1.54, 1.807) is 31.5 Å². The second kappa shape index (κ2) is 9.21. The Balaban J connectivity index is 1.71. The van der Waals surface area contributed by atoms with Gasteiger partial charge in [-0.15, -0.1) is 0 Å². The van der Waals surface area contributed by atoms with Gasteiger partial charge >= 0.3 is 6.18 Å². The molecule has 1 aromatic carbocycles. The van der Waals surface area contributed by atoms with E-state index in [0.717, 1.165) is 12.8 Å². The van der Waals surface area contributed by atoms with Crippen LogP contribution in [0.4, 0.5) is 24.7 Å². The molecule has 0 spiro atoms. The number of hydrogen-bond donors (Lipinski definition) is 3. The van der Waals surface area contributed by atoms with Gasteiger partial charge in [0.2, 0.25) is 0 Å². The minimum absolute atomic E-state index is 0.0768. The lowest BCUT2D eigenvalue weighted by Gasteiger charge is -2.31. The zero-order valence-corrected chi connectivity index (χ0v) is 20.3. The summed E-state index contributed by atoms with van der Waals surface area (Å²) in [4.78, 5) is 15.3. The van der Waals surface area contributed by atoms with Crippen LogP contribution in [0.2, 0.25) is 5.02 Å². The van der Waals surface area contributed by atoms with Gasteiger partial charge in [0, 0.05) is 22.4 Å². The second-order valence-corrected chi connectivity index (χ2v) is 10.3. The fourth-order valence-electron chi connectivity index (χ4n) is 4.21. The number of halogens is 4. The van der Waals surface area contributed by atoms with Gasteiger partial charge in [0.15, 0.2) is 5.82 Å².